The molecular weight excluding hydrogens is 285 g/mol. The summed E-state index contributed by atoms with van der Waals surface area (Å²) in [5, 5.41) is 2.71. The summed E-state index contributed by atoms with van der Waals surface area (Å²) in [5.74, 6) is -0.748. The number of aromatic amines is 1. The van der Waals surface area contributed by atoms with Crippen LogP contribution in [0.1, 0.15) is 15.9 Å². The van der Waals surface area contributed by atoms with Crippen molar-refractivity contribution in [2.75, 3.05) is 5.32 Å². The molecule has 0 spiro atoms. The average Bonchev–Trinajstić information content (AvgIpc) is 2.51. The predicted octanol–water partition coefficient (Wildman–Crippen LogP) is 2.62. The molecule has 0 radical (unpaired) electrons. The van der Waals surface area contributed by atoms with Gasteiger partial charge in [-0.15, -0.1) is 0 Å². The van der Waals surface area contributed by atoms with Crippen LogP contribution in [0, 0.1) is 12.7 Å². The van der Waals surface area contributed by atoms with E-state index in [0.29, 0.717) is 5.82 Å². The molecule has 0 saturated carbocycles. The van der Waals surface area contributed by atoms with Crippen molar-refractivity contribution < 1.29 is 9.18 Å². The van der Waals surface area contributed by atoms with Crippen LogP contribution in [0.4, 0.5) is 10.2 Å². The Bertz CT molecular complexity index is 934. The summed E-state index contributed by atoms with van der Waals surface area (Å²) < 4.78 is 13.6. The minimum Gasteiger partial charge on any atom is -0.358 e. The summed E-state index contributed by atoms with van der Waals surface area (Å²) >= 11 is 0. The fourth-order valence-corrected chi connectivity index (χ4v) is 2.18. The second-order valence-corrected chi connectivity index (χ2v) is 4.82. The number of para-hydroxylation sites is 1. The van der Waals surface area contributed by atoms with Crippen LogP contribution in [-0.2, 0) is 0 Å². The van der Waals surface area contributed by atoms with Crippen LogP contribution in [-0.4, -0.2) is 15.9 Å². The lowest BCUT2D eigenvalue weighted by molar-refractivity contribution is 0.102. The van der Waals surface area contributed by atoms with Crippen molar-refractivity contribution >= 4 is 22.6 Å². The van der Waals surface area contributed by atoms with E-state index in [-0.39, 0.29) is 16.5 Å². The van der Waals surface area contributed by atoms with Crippen LogP contribution in [0.3, 0.4) is 0 Å². The highest BCUT2D eigenvalue weighted by atomic mass is 19.1. The van der Waals surface area contributed by atoms with Gasteiger partial charge in [0.15, 0.2) is 0 Å². The molecule has 1 aromatic carbocycles. The van der Waals surface area contributed by atoms with Gasteiger partial charge >= 0.3 is 0 Å². The standard InChI is InChI=1S/C16H12FN3O2/c1-9-4-3-7-18-15(9)20-16(22)11-8-19-13-10(14(11)21)5-2-6-12(13)17/h2-8H,1H3,(H,19,21)(H,18,20,22). The first-order valence-corrected chi connectivity index (χ1v) is 6.61. The number of amides is 1. The molecule has 2 aromatic heterocycles. The number of halogens is 1. The normalized spacial score (nSPS) is 10.6. The number of anilines is 1. The van der Waals surface area contributed by atoms with E-state index < -0.39 is 17.2 Å². The highest BCUT2D eigenvalue weighted by Gasteiger charge is 2.15. The number of benzene rings is 1. The van der Waals surface area contributed by atoms with Gasteiger partial charge in [-0.3, -0.25) is 9.59 Å². The zero-order valence-electron chi connectivity index (χ0n) is 11.7. The molecule has 0 saturated heterocycles. The van der Waals surface area contributed by atoms with E-state index in [2.05, 4.69) is 15.3 Å². The Balaban J connectivity index is 2.04. The van der Waals surface area contributed by atoms with Crippen LogP contribution >= 0.6 is 0 Å². The van der Waals surface area contributed by atoms with Crippen molar-refractivity contribution in [1.29, 1.82) is 0 Å². The van der Waals surface area contributed by atoms with Gasteiger partial charge in [-0.25, -0.2) is 9.37 Å². The maximum Gasteiger partial charge on any atom is 0.262 e. The van der Waals surface area contributed by atoms with E-state index in [4.69, 9.17) is 0 Å². The summed E-state index contributed by atoms with van der Waals surface area (Å²) in [6, 6.07) is 7.69. The van der Waals surface area contributed by atoms with Gasteiger partial charge in [0.05, 0.1) is 5.52 Å². The summed E-state index contributed by atoms with van der Waals surface area (Å²) in [6.07, 6.45) is 2.75. The van der Waals surface area contributed by atoms with E-state index >= 15 is 0 Å². The molecule has 110 valence electrons. The zero-order chi connectivity index (χ0) is 15.7. The molecule has 5 nitrogen and oxygen atoms in total. The van der Waals surface area contributed by atoms with E-state index in [0.717, 1.165) is 5.56 Å². The predicted molar refractivity (Wildman–Crippen MR) is 81.5 cm³/mol. The number of aromatic nitrogens is 2. The van der Waals surface area contributed by atoms with Gasteiger partial charge in [-0.1, -0.05) is 12.1 Å². The Kier molecular flexibility index (Phi) is 3.42. The zero-order valence-corrected chi connectivity index (χ0v) is 11.7. The van der Waals surface area contributed by atoms with Crippen LogP contribution < -0.4 is 10.7 Å². The summed E-state index contributed by atoms with van der Waals surface area (Å²) in [7, 11) is 0. The molecule has 22 heavy (non-hydrogen) atoms. The molecule has 2 N–H and O–H groups in total. The van der Waals surface area contributed by atoms with Crippen molar-refractivity contribution in [1.82, 2.24) is 9.97 Å². The van der Waals surface area contributed by atoms with E-state index in [9.17, 15) is 14.0 Å². The number of rotatable bonds is 2. The van der Waals surface area contributed by atoms with Crippen molar-refractivity contribution in [2.45, 2.75) is 6.92 Å². The molecule has 0 aliphatic carbocycles. The van der Waals surface area contributed by atoms with E-state index in [1.807, 2.05) is 0 Å². The Morgan fingerprint density at radius 3 is 2.86 bits per heavy atom. The highest BCUT2D eigenvalue weighted by Crippen LogP contribution is 2.14. The molecule has 0 fully saturated rings. The first-order chi connectivity index (χ1) is 10.6. The van der Waals surface area contributed by atoms with Gasteiger partial charge in [0, 0.05) is 17.8 Å². The number of hydrogen-bond acceptors (Lipinski definition) is 3. The fourth-order valence-electron chi connectivity index (χ4n) is 2.18. The fraction of sp³-hybridized carbons (Fsp3) is 0.0625. The van der Waals surface area contributed by atoms with Gasteiger partial charge in [-0.05, 0) is 30.7 Å². The second-order valence-electron chi connectivity index (χ2n) is 4.82. The van der Waals surface area contributed by atoms with Crippen LogP contribution in [0.25, 0.3) is 10.9 Å². The first-order valence-electron chi connectivity index (χ1n) is 6.61. The number of nitrogens with one attached hydrogen (secondary N) is 2. The Labute approximate surface area is 124 Å². The average molecular weight is 297 g/mol. The van der Waals surface area contributed by atoms with Gasteiger partial charge in [0.2, 0.25) is 5.43 Å². The lowest BCUT2D eigenvalue weighted by Gasteiger charge is -2.07. The molecule has 0 atom stereocenters. The monoisotopic (exact) mass is 297 g/mol. The van der Waals surface area contributed by atoms with Gasteiger partial charge in [-0.2, -0.15) is 0 Å². The molecule has 1 amide bonds. The van der Waals surface area contributed by atoms with Gasteiger partial charge in [0.25, 0.3) is 5.91 Å². The number of nitrogens with zero attached hydrogens (tertiary/aromatic N) is 1. The van der Waals surface area contributed by atoms with Crippen molar-refractivity contribution in [3.05, 3.63) is 69.9 Å². The molecule has 3 rings (SSSR count). The molecular formula is C16H12FN3O2. The Morgan fingerprint density at radius 2 is 2.09 bits per heavy atom. The number of carbonyl (C=O) groups excluding carboxylic acids is 1. The maximum atomic E-state index is 13.6. The van der Waals surface area contributed by atoms with Crippen LogP contribution in [0.5, 0.6) is 0 Å². The number of fused-ring (bicyclic) bond motifs is 1. The van der Waals surface area contributed by atoms with Crippen LogP contribution in [0.2, 0.25) is 0 Å². The molecule has 0 bridgehead atoms. The van der Waals surface area contributed by atoms with Crippen molar-refractivity contribution in [2.24, 2.45) is 0 Å². The molecule has 0 unspecified atom stereocenters. The number of aryl methyl sites for hydroxylation is 1. The number of carbonyl (C=O) groups is 1. The summed E-state index contributed by atoms with van der Waals surface area (Å²) in [4.78, 5) is 31.3. The minimum atomic E-state index is -0.589. The quantitative estimate of drug-likeness (QED) is 0.763. The first kappa shape index (κ1) is 13.9. The number of H-pyrrole nitrogens is 1. The van der Waals surface area contributed by atoms with E-state index in [1.165, 1.54) is 24.4 Å². The summed E-state index contributed by atoms with van der Waals surface area (Å²) in [5.41, 5.74) is 0.236. The van der Waals surface area contributed by atoms with Gasteiger partial charge in [0.1, 0.15) is 17.2 Å². The number of hydrogen-bond donors (Lipinski definition) is 2. The second kappa shape index (κ2) is 5.40. The molecule has 2 heterocycles. The smallest absolute Gasteiger partial charge is 0.262 e. The highest BCUT2D eigenvalue weighted by molar-refractivity contribution is 6.05. The largest absolute Gasteiger partial charge is 0.358 e. The van der Waals surface area contributed by atoms with Crippen molar-refractivity contribution in [3.63, 3.8) is 0 Å². The molecule has 0 aliphatic rings. The SMILES string of the molecule is Cc1cccnc1NC(=O)c1c[nH]c2c(F)cccc2c1=O. The summed E-state index contributed by atoms with van der Waals surface area (Å²) in [6.45, 7) is 1.79. The molecule has 6 heteroatoms. The van der Waals surface area contributed by atoms with Gasteiger partial charge < -0.3 is 10.3 Å². The lowest BCUT2D eigenvalue weighted by Crippen LogP contribution is -2.23. The topological polar surface area (TPSA) is 74.8 Å². The Morgan fingerprint density at radius 1 is 1.27 bits per heavy atom. The lowest BCUT2D eigenvalue weighted by atomic mass is 10.1. The van der Waals surface area contributed by atoms with E-state index in [1.54, 1.807) is 25.3 Å². The van der Waals surface area contributed by atoms with Crippen LogP contribution in [0.15, 0.2) is 47.5 Å². The number of pyridine rings is 2. The molecule has 0 aliphatic heterocycles. The minimum absolute atomic E-state index is 0.0815. The third kappa shape index (κ3) is 2.35. The Hall–Kier alpha value is -3.02. The third-order valence-corrected chi connectivity index (χ3v) is 3.35. The molecule has 3 aromatic rings. The maximum absolute atomic E-state index is 13.6. The van der Waals surface area contributed by atoms with Crippen molar-refractivity contribution in [3.8, 4) is 0 Å². The third-order valence-electron chi connectivity index (χ3n) is 3.35.